The maximum atomic E-state index is 14.9. The first-order chi connectivity index (χ1) is 18.7. The molecule has 2 heterocycles. The monoisotopic (exact) mass is 548 g/mol. The van der Waals surface area contributed by atoms with Gasteiger partial charge in [-0.3, -0.25) is 24.6 Å². The Kier molecular flexibility index (Phi) is 8.42. The van der Waals surface area contributed by atoms with E-state index in [0.717, 1.165) is 29.8 Å². The summed E-state index contributed by atoms with van der Waals surface area (Å²) in [5, 5.41) is 5.54. The van der Waals surface area contributed by atoms with Gasteiger partial charge in [0.2, 0.25) is 18.2 Å². The lowest BCUT2D eigenvalue weighted by Gasteiger charge is -2.47. The fraction of sp³-hybridized carbons (Fsp3) is 0.500. The van der Waals surface area contributed by atoms with E-state index in [1.54, 1.807) is 0 Å². The average Bonchev–Trinajstić information content (AvgIpc) is 2.84. The minimum absolute atomic E-state index is 0.0283. The smallest absolute Gasteiger partial charge is 0.242 e. The Morgan fingerprint density at radius 2 is 1.85 bits per heavy atom. The first-order valence-corrected chi connectivity index (χ1v) is 13.6. The van der Waals surface area contributed by atoms with Crippen molar-refractivity contribution in [3.63, 3.8) is 0 Å². The second-order valence-corrected chi connectivity index (χ2v) is 12.2. The maximum Gasteiger partial charge on any atom is 0.242 e. The van der Waals surface area contributed by atoms with Gasteiger partial charge in [-0.15, -0.1) is 0 Å². The standard InChI is InChI=1S/C30H38BFN4O4/c1-20-7-6-8-25(23(20)16-36(19-37)30(31)12-11-26(38)34-27(30)39)33-14-22-13-21(9-10-24(22)32)15-35-17-28(2,3)40-29(4,5)18-35/h6-10,13,19,33H,11-12,14-18H2,1-5H3,(H,34,38,39). The molecule has 212 valence electrons. The van der Waals surface area contributed by atoms with E-state index < -0.39 is 17.3 Å². The van der Waals surface area contributed by atoms with Gasteiger partial charge in [0.15, 0.2) is 0 Å². The summed E-state index contributed by atoms with van der Waals surface area (Å²) in [4.78, 5) is 39.8. The first-order valence-electron chi connectivity index (χ1n) is 13.6. The first kappa shape index (κ1) is 29.7. The Morgan fingerprint density at radius 3 is 2.50 bits per heavy atom. The fourth-order valence-electron chi connectivity index (χ4n) is 5.88. The van der Waals surface area contributed by atoms with E-state index in [2.05, 4.69) is 43.2 Å². The maximum absolute atomic E-state index is 14.9. The van der Waals surface area contributed by atoms with Crippen LogP contribution in [0.3, 0.4) is 0 Å². The number of rotatable bonds is 9. The van der Waals surface area contributed by atoms with Crippen LogP contribution in [0.15, 0.2) is 36.4 Å². The van der Waals surface area contributed by atoms with Gasteiger partial charge in [0.05, 0.1) is 16.6 Å². The van der Waals surface area contributed by atoms with Crippen molar-refractivity contribution in [1.82, 2.24) is 15.1 Å². The van der Waals surface area contributed by atoms with Gasteiger partial charge in [0, 0.05) is 50.4 Å². The third-order valence-electron chi connectivity index (χ3n) is 7.50. The molecule has 0 bridgehead atoms. The molecule has 3 amide bonds. The lowest BCUT2D eigenvalue weighted by molar-refractivity contribution is -0.182. The number of carbonyl (C=O) groups excluding carboxylic acids is 3. The number of morpholine rings is 1. The second kappa shape index (κ2) is 11.3. The predicted octanol–water partition coefficient (Wildman–Crippen LogP) is 3.40. The van der Waals surface area contributed by atoms with Gasteiger partial charge in [-0.25, -0.2) is 4.39 Å². The van der Waals surface area contributed by atoms with Crippen LogP contribution in [0.5, 0.6) is 0 Å². The van der Waals surface area contributed by atoms with Gasteiger partial charge in [0.25, 0.3) is 0 Å². The van der Waals surface area contributed by atoms with Crippen LogP contribution in [-0.4, -0.2) is 65.6 Å². The number of hydrogen-bond acceptors (Lipinski definition) is 6. The lowest BCUT2D eigenvalue weighted by atomic mass is 9.70. The number of ether oxygens (including phenoxy) is 1. The minimum atomic E-state index is -1.64. The molecular formula is C30H38BFN4O4. The molecule has 4 rings (SSSR count). The van der Waals surface area contributed by atoms with E-state index in [1.165, 1.54) is 11.0 Å². The number of halogens is 1. The van der Waals surface area contributed by atoms with Crippen LogP contribution in [0.4, 0.5) is 10.1 Å². The van der Waals surface area contributed by atoms with Gasteiger partial charge in [0.1, 0.15) is 13.7 Å². The molecule has 40 heavy (non-hydrogen) atoms. The zero-order valence-corrected chi connectivity index (χ0v) is 24.0. The molecule has 2 fully saturated rings. The minimum Gasteiger partial charge on any atom is -0.381 e. The molecule has 0 saturated carbocycles. The van der Waals surface area contributed by atoms with Crippen LogP contribution >= 0.6 is 0 Å². The summed E-state index contributed by atoms with van der Waals surface area (Å²) in [6.45, 7) is 12.7. The lowest BCUT2D eigenvalue weighted by Crippen LogP contribution is -2.62. The van der Waals surface area contributed by atoms with E-state index in [1.807, 2.05) is 37.3 Å². The number of amides is 3. The van der Waals surface area contributed by atoms with Gasteiger partial charge in [-0.05, 0) is 75.9 Å². The van der Waals surface area contributed by atoms with Gasteiger partial charge >= 0.3 is 0 Å². The number of carbonyl (C=O) groups is 3. The highest BCUT2D eigenvalue weighted by atomic mass is 19.1. The molecule has 2 saturated heterocycles. The molecule has 2 N–H and O–H groups in total. The molecule has 0 spiro atoms. The van der Waals surface area contributed by atoms with Crippen molar-refractivity contribution in [2.75, 3.05) is 18.4 Å². The molecular weight excluding hydrogens is 510 g/mol. The van der Waals surface area contributed by atoms with Crippen molar-refractivity contribution in [2.24, 2.45) is 0 Å². The highest BCUT2D eigenvalue weighted by Crippen LogP contribution is 2.30. The highest BCUT2D eigenvalue weighted by Gasteiger charge is 2.42. The van der Waals surface area contributed by atoms with Crippen molar-refractivity contribution < 1.29 is 23.5 Å². The Morgan fingerprint density at radius 1 is 1.15 bits per heavy atom. The molecule has 2 radical (unpaired) electrons. The molecule has 1 unspecified atom stereocenters. The van der Waals surface area contributed by atoms with Crippen molar-refractivity contribution in [1.29, 1.82) is 0 Å². The largest absolute Gasteiger partial charge is 0.381 e. The quantitative estimate of drug-likeness (QED) is 0.284. The van der Waals surface area contributed by atoms with Crippen LogP contribution in [0.1, 0.15) is 62.8 Å². The molecule has 1 atom stereocenters. The van der Waals surface area contributed by atoms with Crippen LogP contribution in [0.2, 0.25) is 0 Å². The summed E-state index contributed by atoms with van der Waals surface area (Å²) in [6, 6.07) is 10.8. The summed E-state index contributed by atoms with van der Waals surface area (Å²) in [5.74, 6) is -1.43. The zero-order valence-electron chi connectivity index (χ0n) is 24.0. The molecule has 0 aromatic heterocycles. The summed E-state index contributed by atoms with van der Waals surface area (Å²) < 4.78 is 21.1. The number of nitrogens with zero attached hydrogens (tertiary/aromatic N) is 2. The zero-order chi connectivity index (χ0) is 29.3. The third kappa shape index (κ3) is 6.73. The fourth-order valence-corrected chi connectivity index (χ4v) is 5.88. The second-order valence-electron chi connectivity index (χ2n) is 12.2. The number of anilines is 1. The molecule has 2 aliphatic heterocycles. The predicted molar refractivity (Wildman–Crippen MR) is 152 cm³/mol. The number of nitrogens with one attached hydrogen (secondary N) is 2. The normalized spacial score (nSPS) is 22.4. The number of imide groups is 1. The van der Waals surface area contributed by atoms with Crippen LogP contribution in [-0.2, 0) is 38.8 Å². The summed E-state index contributed by atoms with van der Waals surface area (Å²) in [7, 11) is 6.33. The van der Waals surface area contributed by atoms with Crippen LogP contribution in [0.25, 0.3) is 0 Å². The Hall–Kier alpha value is -3.24. The van der Waals surface area contributed by atoms with Crippen LogP contribution < -0.4 is 10.6 Å². The summed E-state index contributed by atoms with van der Waals surface area (Å²) in [5.41, 5.74) is 1.65. The number of hydrogen-bond donors (Lipinski definition) is 2. The molecule has 8 nitrogen and oxygen atoms in total. The van der Waals surface area contributed by atoms with E-state index >= 15 is 0 Å². The molecule has 2 aromatic rings. The Labute approximate surface area is 237 Å². The number of aryl methyl sites for hydroxylation is 1. The summed E-state index contributed by atoms with van der Waals surface area (Å²) >= 11 is 0. The van der Waals surface area contributed by atoms with Crippen molar-refractivity contribution in [3.05, 3.63) is 64.5 Å². The topological polar surface area (TPSA) is 91.0 Å². The number of piperidine rings is 1. The third-order valence-corrected chi connectivity index (χ3v) is 7.50. The average molecular weight is 548 g/mol. The molecule has 10 heteroatoms. The molecule has 0 aliphatic carbocycles. The highest BCUT2D eigenvalue weighted by molar-refractivity contribution is 6.31. The SMILES string of the molecule is [B]C1(N(C=O)Cc2c(C)cccc2NCc2cc(CN3CC(C)(C)OC(C)(C)C3)ccc2F)CCC(=O)NC1=O. The Bertz CT molecular complexity index is 1280. The van der Waals surface area contributed by atoms with E-state index in [-0.39, 0.29) is 43.0 Å². The van der Waals surface area contributed by atoms with Crippen molar-refractivity contribution >= 4 is 31.8 Å². The van der Waals surface area contributed by atoms with Crippen molar-refractivity contribution in [3.8, 4) is 0 Å². The van der Waals surface area contributed by atoms with Gasteiger partial charge < -0.3 is 15.0 Å². The van der Waals surface area contributed by atoms with Gasteiger partial charge in [-0.2, -0.15) is 0 Å². The van der Waals surface area contributed by atoms with Crippen LogP contribution in [0, 0.1) is 12.7 Å². The molecule has 2 aliphatic rings. The number of benzene rings is 2. The summed E-state index contributed by atoms with van der Waals surface area (Å²) in [6.07, 6.45) is 0.601. The van der Waals surface area contributed by atoms with E-state index in [4.69, 9.17) is 12.6 Å². The van der Waals surface area contributed by atoms with Crippen molar-refractivity contribution in [2.45, 2.75) is 83.7 Å². The van der Waals surface area contributed by atoms with Gasteiger partial charge in [-0.1, -0.05) is 18.2 Å². The molecule has 2 aromatic carbocycles. The Balaban J connectivity index is 1.50. The van der Waals surface area contributed by atoms with E-state index in [9.17, 15) is 18.8 Å². The van der Waals surface area contributed by atoms with E-state index in [0.29, 0.717) is 24.2 Å².